The third-order valence-corrected chi connectivity index (χ3v) is 3.39. The Hall–Kier alpha value is -1.34. The van der Waals surface area contributed by atoms with Gasteiger partial charge in [-0.25, -0.2) is 4.79 Å². The molecule has 0 bridgehead atoms. The molecule has 3 N–H and O–H groups in total. The highest BCUT2D eigenvalue weighted by molar-refractivity contribution is 6.30. The summed E-state index contributed by atoms with van der Waals surface area (Å²) >= 11 is 5.84. The number of halogens is 1. The van der Waals surface area contributed by atoms with Crippen LogP contribution in [0.25, 0.3) is 0 Å². The Morgan fingerprint density at radius 2 is 2.19 bits per heavy atom. The monoisotopic (exact) mass is 313 g/mol. The van der Waals surface area contributed by atoms with Crippen LogP contribution < -0.4 is 10.6 Å². The topological polar surface area (TPSA) is 73.8 Å². The minimum absolute atomic E-state index is 0.198. The number of ether oxygens (including phenoxy) is 1. The van der Waals surface area contributed by atoms with Crippen molar-refractivity contribution in [3.8, 4) is 0 Å². The minimum atomic E-state index is -0.604. The van der Waals surface area contributed by atoms with E-state index in [0.717, 1.165) is 13.1 Å². The van der Waals surface area contributed by atoms with Crippen molar-refractivity contribution in [2.45, 2.75) is 6.10 Å². The molecule has 1 aromatic carbocycles. The van der Waals surface area contributed by atoms with Crippen LogP contribution in [0.2, 0.25) is 5.02 Å². The quantitative estimate of drug-likeness (QED) is 0.762. The second kappa shape index (κ2) is 8.19. The van der Waals surface area contributed by atoms with Gasteiger partial charge in [-0.3, -0.25) is 4.90 Å². The fourth-order valence-corrected chi connectivity index (χ4v) is 2.29. The zero-order valence-corrected chi connectivity index (χ0v) is 12.5. The number of nitrogens with one attached hydrogen (secondary N) is 2. The van der Waals surface area contributed by atoms with Crippen molar-refractivity contribution in [2.24, 2.45) is 0 Å². The molecule has 1 saturated heterocycles. The number of carbonyl (C=O) groups excluding carboxylic acids is 1. The van der Waals surface area contributed by atoms with Gasteiger partial charge < -0.3 is 20.5 Å². The van der Waals surface area contributed by atoms with E-state index in [9.17, 15) is 9.90 Å². The summed E-state index contributed by atoms with van der Waals surface area (Å²) in [7, 11) is 0. The van der Waals surface area contributed by atoms with E-state index in [1.54, 1.807) is 24.3 Å². The summed E-state index contributed by atoms with van der Waals surface area (Å²) in [6, 6.07) is 6.53. The van der Waals surface area contributed by atoms with Gasteiger partial charge in [0.1, 0.15) is 0 Å². The van der Waals surface area contributed by atoms with Crippen LogP contribution in [0.15, 0.2) is 24.3 Å². The lowest BCUT2D eigenvalue weighted by atomic mass is 10.3. The highest BCUT2D eigenvalue weighted by Gasteiger charge is 2.15. The molecule has 0 unspecified atom stereocenters. The van der Waals surface area contributed by atoms with Crippen molar-refractivity contribution < 1.29 is 14.6 Å². The number of anilines is 1. The second-order valence-electron chi connectivity index (χ2n) is 4.91. The predicted octanol–water partition coefficient (Wildman–Crippen LogP) is 1.15. The van der Waals surface area contributed by atoms with Gasteiger partial charge in [0.25, 0.3) is 0 Å². The van der Waals surface area contributed by atoms with Crippen LogP contribution in [0.4, 0.5) is 10.5 Å². The predicted molar refractivity (Wildman–Crippen MR) is 81.7 cm³/mol. The summed E-state index contributed by atoms with van der Waals surface area (Å²) in [5, 5.41) is 15.8. The van der Waals surface area contributed by atoms with E-state index in [1.165, 1.54) is 0 Å². The van der Waals surface area contributed by atoms with Gasteiger partial charge in [-0.15, -0.1) is 0 Å². The van der Waals surface area contributed by atoms with Crippen molar-refractivity contribution in [3.63, 3.8) is 0 Å². The van der Waals surface area contributed by atoms with E-state index in [4.69, 9.17) is 16.3 Å². The zero-order valence-electron chi connectivity index (χ0n) is 11.7. The number of urea groups is 1. The maximum Gasteiger partial charge on any atom is 0.319 e. The summed E-state index contributed by atoms with van der Waals surface area (Å²) in [4.78, 5) is 13.8. The van der Waals surface area contributed by atoms with Crippen molar-refractivity contribution in [1.82, 2.24) is 10.2 Å². The number of amides is 2. The van der Waals surface area contributed by atoms with E-state index in [0.29, 0.717) is 30.5 Å². The van der Waals surface area contributed by atoms with Crippen LogP contribution in [0.1, 0.15) is 0 Å². The van der Waals surface area contributed by atoms with Gasteiger partial charge in [0.2, 0.25) is 0 Å². The fourth-order valence-electron chi connectivity index (χ4n) is 2.10. The van der Waals surface area contributed by atoms with Gasteiger partial charge in [0.05, 0.1) is 19.3 Å². The molecule has 7 heteroatoms. The fraction of sp³-hybridized carbons (Fsp3) is 0.500. The number of morpholine rings is 1. The Bertz CT molecular complexity index is 467. The molecule has 1 aromatic rings. The minimum Gasteiger partial charge on any atom is -0.390 e. The maximum absolute atomic E-state index is 11.7. The molecule has 0 saturated carbocycles. The Balaban J connectivity index is 1.68. The molecule has 1 heterocycles. The van der Waals surface area contributed by atoms with Gasteiger partial charge >= 0.3 is 6.03 Å². The van der Waals surface area contributed by atoms with Crippen LogP contribution in [0, 0.1) is 0 Å². The lowest BCUT2D eigenvalue weighted by Gasteiger charge is -2.28. The number of hydrogen-bond acceptors (Lipinski definition) is 4. The molecule has 0 spiro atoms. The van der Waals surface area contributed by atoms with Crippen molar-refractivity contribution in [3.05, 3.63) is 29.3 Å². The molecule has 1 aliphatic heterocycles. The van der Waals surface area contributed by atoms with Crippen LogP contribution in [0.3, 0.4) is 0 Å². The van der Waals surface area contributed by atoms with Crippen molar-refractivity contribution in [1.29, 1.82) is 0 Å². The first-order chi connectivity index (χ1) is 10.1. The summed E-state index contributed by atoms with van der Waals surface area (Å²) in [6.45, 7) is 3.73. The first-order valence-corrected chi connectivity index (χ1v) is 7.30. The molecule has 0 radical (unpaired) electrons. The molecule has 1 atom stereocenters. The Labute approximate surface area is 129 Å². The summed E-state index contributed by atoms with van der Waals surface area (Å²) < 4.78 is 5.24. The smallest absolute Gasteiger partial charge is 0.319 e. The zero-order chi connectivity index (χ0) is 15.1. The highest BCUT2D eigenvalue weighted by Crippen LogP contribution is 2.14. The highest BCUT2D eigenvalue weighted by atomic mass is 35.5. The lowest BCUT2D eigenvalue weighted by molar-refractivity contribution is 0.0154. The average Bonchev–Trinajstić information content (AvgIpc) is 2.46. The van der Waals surface area contributed by atoms with Gasteiger partial charge in [0.15, 0.2) is 0 Å². The number of carbonyl (C=O) groups is 1. The molecular formula is C14H20ClN3O3. The van der Waals surface area contributed by atoms with Crippen LogP contribution in [-0.2, 0) is 4.74 Å². The number of β-amino-alcohol motifs (C(OH)–C–C–N with tert-alkyl or cyclic N) is 1. The van der Waals surface area contributed by atoms with Crippen LogP contribution >= 0.6 is 11.6 Å². The Kier molecular flexibility index (Phi) is 6.25. The second-order valence-corrected chi connectivity index (χ2v) is 5.35. The maximum atomic E-state index is 11.7. The number of rotatable bonds is 5. The van der Waals surface area contributed by atoms with E-state index >= 15 is 0 Å². The van der Waals surface area contributed by atoms with Crippen molar-refractivity contribution >= 4 is 23.3 Å². The van der Waals surface area contributed by atoms with Gasteiger partial charge in [-0.2, -0.15) is 0 Å². The Morgan fingerprint density at radius 1 is 1.43 bits per heavy atom. The normalized spacial score (nSPS) is 17.2. The number of aliphatic hydroxyl groups excluding tert-OH is 1. The lowest BCUT2D eigenvalue weighted by Crippen LogP contribution is -2.45. The largest absolute Gasteiger partial charge is 0.390 e. The van der Waals surface area contributed by atoms with Crippen molar-refractivity contribution in [2.75, 3.05) is 44.7 Å². The van der Waals surface area contributed by atoms with E-state index in [2.05, 4.69) is 15.5 Å². The first kappa shape index (κ1) is 16.0. The molecule has 2 amide bonds. The molecule has 21 heavy (non-hydrogen) atoms. The summed E-state index contributed by atoms with van der Waals surface area (Å²) in [5.41, 5.74) is 0.614. The molecule has 2 rings (SSSR count). The number of nitrogens with zero attached hydrogens (tertiary/aromatic N) is 1. The van der Waals surface area contributed by atoms with Crippen LogP contribution in [0.5, 0.6) is 0 Å². The van der Waals surface area contributed by atoms with Gasteiger partial charge in [-0.05, 0) is 18.2 Å². The summed E-state index contributed by atoms with van der Waals surface area (Å²) in [5.74, 6) is 0. The molecule has 1 aliphatic rings. The standard InChI is InChI=1S/C14H20ClN3O3/c15-11-2-1-3-12(8-11)17-14(20)16-9-13(19)10-18-4-6-21-7-5-18/h1-3,8,13,19H,4-7,9-10H2,(H2,16,17,20)/t13-/m0/s1. The first-order valence-electron chi connectivity index (χ1n) is 6.92. The third kappa shape index (κ3) is 5.89. The van der Waals surface area contributed by atoms with Gasteiger partial charge in [-0.1, -0.05) is 17.7 Å². The van der Waals surface area contributed by atoms with Crippen LogP contribution in [-0.4, -0.2) is 61.5 Å². The molecule has 1 fully saturated rings. The number of aliphatic hydroxyl groups is 1. The van der Waals surface area contributed by atoms with E-state index in [-0.39, 0.29) is 12.6 Å². The average molecular weight is 314 g/mol. The Morgan fingerprint density at radius 3 is 2.90 bits per heavy atom. The van der Waals surface area contributed by atoms with E-state index < -0.39 is 6.10 Å². The molecule has 0 aliphatic carbocycles. The van der Waals surface area contributed by atoms with Gasteiger partial charge in [0, 0.05) is 36.9 Å². The molecule has 6 nitrogen and oxygen atoms in total. The molecule has 116 valence electrons. The number of benzene rings is 1. The summed E-state index contributed by atoms with van der Waals surface area (Å²) in [6.07, 6.45) is -0.604. The molecular weight excluding hydrogens is 294 g/mol. The van der Waals surface area contributed by atoms with E-state index in [1.807, 2.05) is 0 Å². The SMILES string of the molecule is O=C(NC[C@H](O)CN1CCOCC1)Nc1cccc(Cl)c1. The third-order valence-electron chi connectivity index (χ3n) is 3.15. The number of hydrogen-bond donors (Lipinski definition) is 3. The molecule has 0 aromatic heterocycles.